The molecule has 0 spiro atoms. The lowest BCUT2D eigenvalue weighted by atomic mass is 10.1. The van der Waals surface area contributed by atoms with Gasteiger partial charge >= 0.3 is 0 Å². The van der Waals surface area contributed by atoms with Crippen LogP contribution in [0, 0.1) is 0 Å². The van der Waals surface area contributed by atoms with Gasteiger partial charge in [-0.15, -0.1) is 0 Å². The molecule has 0 saturated carbocycles. The molecular formula is C13H18BrNO3. The van der Waals surface area contributed by atoms with E-state index in [-0.39, 0.29) is 11.4 Å². The molecule has 100 valence electrons. The fourth-order valence-corrected chi connectivity index (χ4v) is 1.54. The van der Waals surface area contributed by atoms with Crippen LogP contribution in [0.25, 0.3) is 0 Å². The van der Waals surface area contributed by atoms with Gasteiger partial charge < -0.3 is 14.8 Å². The maximum atomic E-state index is 12.2. The fourth-order valence-electron chi connectivity index (χ4n) is 1.40. The standard InChI is InChI=1S/C13H18BrNO3/c1-13(2,8-14)15-12(16)10-7-9(17-3)5-6-11(10)18-4/h5-7H,8H2,1-4H3,(H,15,16). The van der Waals surface area contributed by atoms with Gasteiger partial charge in [0, 0.05) is 10.9 Å². The Morgan fingerprint density at radius 1 is 1.33 bits per heavy atom. The Bertz CT molecular complexity index is 432. The van der Waals surface area contributed by atoms with Crippen LogP contribution in [0.4, 0.5) is 0 Å². The second-order valence-corrected chi connectivity index (χ2v) is 5.10. The van der Waals surface area contributed by atoms with E-state index in [0.29, 0.717) is 22.4 Å². The number of hydrogen-bond acceptors (Lipinski definition) is 3. The highest BCUT2D eigenvalue weighted by Crippen LogP contribution is 2.24. The minimum Gasteiger partial charge on any atom is -0.497 e. The van der Waals surface area contributed by atoms with Crippen LogP contribution in [-0.2, 0) is 0 Å². The molecule has 1 aromatic carbocycles. The van der Waals surface area contributed by atoms with Gasteiger partial charge in [-0.05, 0) is 32.0 Å². The molecule has 0 radical (unpaired) electrons. The number of amides is 1. The van der Waals surface area contributed by atoms with Gasteiger partial charge in [-0.25, -0.2) is 0 Å². The van der Waals surface area contributed by atoms with Gasteiger partial charge in [0.2, 0.25) is 0 Å². The Labute approximate surface area is 116 Å². The molecular weight excluding hydrogens is 298 g/mol. The number of hydrogen-bond donors (Lipinski definition) is 1. The number of halogens is 1. The molecule has 1 N–H and O–H groups in total. The molecule has 0 fully saturated rings. The number of rotatable bonds is 5. The first-order valence-electron chi connectivity index (χ1n) is 5.54. The minimum absolute atomic E-state index is 0.185. The third-order valence-corrected chi connectivity index (χ3v) is 3.84. The van der Waals surface area contributed by atoms with Crippen molar-refractivity contribution in [2.75, 3.05) is 19.5 Å². The molecule has 0 heterocycles. The Kier molecular flexibility index (Phi) is 5.02. The average molecular weight is 316 g/mol. The maximum absolute atomic E-state index is 12.2. The highest BCUT2D eigenvalue weighted by atomic mass is 79.9. The van der Waals surface area contributed by atoms with Crippen molar-refractivity contribution in [3.63, 3.8) is 0 Å². The summed E-state index contributed by atoms with van der Waals surface area (Å²) in [7, 11) is 3.10. The Morgan fingerprint density at radius 3 is 2.50 bits per heavy atom. The van der Waals surface area contributed by atoms with Crippen LogP contribution in [0.1, 0.15) is 24.2 Å². The van der Waals surface area contributed by atoms with Gasteiger partial charge in [0.15, 0.2) is 0 Å². The lowest BCUT2D eigenvalue weighted by molar-refractivity contribution is 0.0918. The summed E-state index contributed by atoms with van der Waals surface area (Å²) in [6.45, 7) is 3.87. The van der Waals surface area contributed by atoms with Gasteiger partial charge in [0.25, 0.3) is 5.91 Å². The molecule has 0 saturated heterocycles. The molecule has 0 aliphatic rings. The monoisotopic (exact) mass is 315 g/mol. The van der Waals surface area contributed by atoms with Gasteiger partial charge in [-0.1, -0.05) is 15.9 Å². The Balaban J connectivity index is 3.03. The number of methoxy groups -OCH3 is 2. The summed E-state index contributed by atoms with van der Waals surface area (Å²) >= 11 is 3.37. The molecule has 1 amide bonds. The van der Waals surface area contributed by atoms with E-state index in [0.717, 1.165) is 0 Å². The molecule has 0 bridgehead atoms. The van der Waals surface area contributed by atoms with Gasteiger partial charge in [0.05, 0.1) is 19.8 Å². The van der Waals surface area contributed by atoms with Crippen LogP contribution in [0.5, 0.6) is 11.5 Å². The molecule has 0 aliphatic heterocycles. The quantitative estimate of drug-likeness (QED) is 0.850. The van der Waals surface area contributed by atoms with Gasteiger partial charge in [-0.2, -0.15) is 0 Å². The summed E-state index contributed by atoms with van der Waals surface area (Å²) in [4.78, 5) is 12.2. The first-order valence-corrected chi connectivity index (χ1v) is 6.66. The second kappa shape index (κ2) is 6.09. The van der Waals surface area contributed by atoms with E-state index in [1.807, 2.05) is 13.8 Å². The number of carbonyl (C=O) groups excluding carboxylic acids is 1. The molecule has 1 rings (SSSR count). The Morgan fingerprint density at radius 2 is 2.00 bits per heavy atom. The fraction of sp³-hybridized carbons (Fsp3) is 0.462. The van der Waals surface area contributed by atoms with Crippen LogP contribution in [0.3, 0.4) is 0 Å². The number of carbonyl (C=O) groups is 1. The molecule has 0 aliphatic carbocycles. The molecule has 0 unspecified atom stereocenters. The van der Waals surface area contributed by atoms with E-state index in [2.05, 4.69) is 21.2 Å². The summed E-state index contributed by atoms with van der Waals surface area (Å²) in [5, 5.41) is 3.59. The second-order valence-electron chi connectivity index (χ2n) is 4.54. The lowest BCUT2D eigenvalue weighted by Crippen LogP contribution is -2.44. The van der Waals surface area contributed by atoms with Crippen LogP contribution >= 0.6 is 15.9 Å². The van der Waals surface area contributed by atoms with E-state index < -0.39 is 0 Å². The van der Waals surface area contributed by atoms with Crippen molar-refractivity contribution >= 4 is 21.8 Å². The SMILES string of the molecule is COc1ccc(OC)c(C(=O)NC(C)(C)CBr)c1. The number of alkyl halides is 1. The number of ether oxygens (including phenoxy) is 2. The summed E-state index contributed by atoms with van der Waals surface area (Å²) in [6, 6.07) is 5.14. The zero-order valence-electron chi connectivity index (χ0n) is 11.0. The number of benzene rings is 1. The zero-order chi connectivity index (χ0) is 13.8. The zero-order valence-corrected chi connectivity index (χ0v) is 12.6. The van der Waals surface area contributed by atoms with Crippen LogP contribution in [0.15, 0.2) is 18.2 Å². The van der Waals surface area contributed by atoms with Crippen molar-refractivity contribution < 1.29 is 14.3 Å². The van der Waals surface area contributed by atoms with Crippen molar-refractivity contribution in [3.05, 3.63) is 23.8 Å². The predicted molar refractivity (Wildman–Crippen MR) is 74.9 cm³/mol. The summed E-state index contributed by atoms with van der Waals surface area (Å²) in [6.07, 6.45) is 0. The molecule has 1 aromatic rings. The molecule has 18 heavy (non-hydrogen) atoms. The maximum Gasteiger partial charge on any atom is 0.255 e. The molecule has 4 nitrogen and oxygen atoms in total. The van der Waals surface area contributed by atoms with Crippen LogP contribution in [-0.4, -0.2) is 31.0 Å². The first kappa shape index (κ1) is 14.8. The van der Waals surface area contributed by atoms with Gasteiger partial charge in [0.1, 0.15) is 11.5 Å². The predicted octanol–water partition coefficient (Wildman–Crippen LogP) is 2.61. The molecule has 0 aromatic heterocycles. The highest BCUT2D eigenvalue weighted by molar-refractivity contribution is 9.09. The van der Waals surface area contributed by atoms with E-state index in [1.165, 1.54) is 7.11 Å². The van der Waals surface area contributed by atoms with Crippen LogP contribution in [0.2, 0.25) is 0 Å². The third kappa shape index (κ3) is 3.63. The van der Waals surface area contributed by atoms with Crippen molar-refractivity contribution in [3.8, 4) is 11.5 Å². The normalized spacial score (nSPS) is 10.9. The summed E-state index contributed by atoms with van der Waals surface area (Å²) in [5.41, 5.74) is 0.136. The Hall–Kier alpha value is -1.23. The van der Waals surface area contributed by atoms with E-state index >= 15 is 0 Å². The van der Waals surface area contributed by atoms with E-state index in [1.54, 1.807) is 25.3 Å². The summed E-state index contributed by atoms with van der Waals surface area (Å²) in [5.74, 6) is 0.964. The van der Waals surface area contributed by atoms with Gasteiger partial charge in [-0.3, -0.25) is 4.79 Å². The molecule has 5 heteroatoms. The van der Waals surface area contributed by atoms with Crippen molar-refractivity contribution in [2.45, 2.75) is 19.4 Å². The topological polar surface area (TPSA) is 47.6 Å². The first-order chi connectivity index (χ1) is 8.43. The van der Waals surface area contributed by atoms with E-state index in [4.69, 9.17) is 9.47 Å². The lowest BCUT2D eigenvalue weighted by Gasteiger charge is -2.24. The highest BCUT2D eigenvalue weighted by Gasteiger charge is 2.22. The smallest absolute Gasteiger partial charge is 0.255 e. The average Bonchev–Trinajstić information content (AvgIpc) is 2.37. The third-order valence-electron chi connectivity index (χ3n) is 2.44. The minimum atomic E-state index is -0.328. The van der Waals surface area contributed by atoms with Crippen molar-refractivity contribution in [1.29, 1.82) is 0 Å². The van der Waals surface area contributed by atoms with Crippen molar-refractivity contribution in [2.24, 2.45) is 0 Å². The number of nitrogens with one attached hydrogen (secondary N) is 1. The van der Waals surface area contributed by atoms with E-state index in [9.17, 15) is 4.79 Å². The summed E-state index contributed by atoms with van der Waals surface area (Å²) < 4.78 is 10.3. The van der Waals surface area contributed by atoms with Crippen LogP contribution < -0.4 is 14.8 Å². The van der Waals surface area contributed by atoms with Crippen molar-refractivity contribution in [1.82, 2.24) is 5.32 Å². The largest absolute Gasteiger partial charge is 0.497 e. The molecule has 0 atom stereocenters.